The van der Waals surface area contributed by atoms with Crippen molar-refractivity contribution < 1.29 is 38.3 Å². The second kappa shape index (κ2) is 14.9. The van der Waals surface area contributed by atoms with Crippen molar-refractivity contribution in [3.63, 3.8) is 0 Å². The molecule has 0 spiro atoms. The van der Waals surface area contributed by atoms with Gasteiger partial charge in [-0.05, 0) is 30.5 Å². The van der Waals surface area contributed by atoms with Crippen LogP contribution >= 0.6 is 0 Å². The minimum Gasteiger partial charge on any atom is -0.461 e. The maximum absolute atomic E-state index is 12.9. The minimum atomic E-state index is -1.43. The zero-order valence-electron chi connectivity index (χ0n) is 23.9. The van der Waals surface area contributed by atoms with Crippen LogP contribution in [0.2, 0.25) is 0 Å². The molecule has 11 heteroatoms. The fourth-order valence-corrected chi connectivity index (χ4v) is 5.97. The number of benzene rings is 2. The van der Waals surface area contributed by atoms with Crippen molar-refractivity contribution in [3.05, 3.63) is 81.9 Å². The van der Waals surface area contributed by atoms with Crippen LogP contribution in [-0.2, 0) is 35.1 Å². The van der Waals surface area contributed by atoms with Gasteiger partial charge in [-0.3, -0.25) is 19.7 Å². The van der Waals surface area contributed by atoms with Crippen molar-refractivity contribution in [2.45, 2.75) is 89.0 Å². The molecule has 0 heterocycles. The Kier molecular flexibility index (Phi) is 11.0. The van der Waals surface area contributed by atoms with Crippen molar-refractivity contribution in [2.24, 2.45) is 5.92 Å². The molecule has 2 fully saturated rings. The Bertz CT molecular complexity index is 1200. The van der Waals surface area contributed by atoms with Crippen molar-refractivity contribution in [2.75, 3.05) is 6.61 Å². The number of ether oxygens (including phenoxy) is 4. The molecule has 2 saturated carbocycles. The van der Waals surface area contributed by atoms with Crippen molar-refractivity contribution in [1.29, 1.82) is 0 Å². The van der Waals surface area contributed by atoms with Crippen LogP contribution in [0.25, 0.3) is 0 Å². The highest BCUT2D eigenvalue weighted by atomic mass is 16.6. The molecule has 2 aliphatic carbocycles. The predicted molar refractivity (Wildman–Crippen MR) is 151 cm³/mol. The third-order valence-electron chi connectivity index (χ3n) is 7.81. The standard InChI is InChI=1S/C31H38N2O9/c1-20(34)41-28-25(19-40-31(36)23-14-8-4-9-15-23)27(33(37)38)26(32-24-16-10-5-11-17-24)29(42-21(2)35)30(28)39-18-22-12-6-3-7-13-22/h3-4,6-9,12-15,24-30,32H,5,10-11,16-19H2,1-2H3/t25-,26+,27-,28-,29+,30+/m1/s1. The summed E-state index contributed by atoms with van der Waals surface area (Å²) in [5.41, 5.74) is 1.09. The molecule has 2 aliphatic rings. The summed E-state index contributed by atoms with van der Waals surface area (Å²) in [4.78, 5) is 49.9. The summed E-state index contributed by atoms with van der Waals surface area (Å²) in [6.07, 6.45) is 1.13. The van der Waals surface area contributed by atoms with Gasteiger partial charge in [-0.2, -0.15) is 0 Å². The van der Waals surface area contributed by atoms with Crippen LogP contribution in [0.3, 0.4) is 0 Å². The van der Waals surface area contributed by atoms with Gasteiger partial charge in [0.15, 0.2) is 6.10 Å². The Balaban J connectivity index is 1.73. The van der Waals surface area contributed by atoms with E-state index >= 15 is 0 Å². The van der Waals surface area contributed by atoms with Crippen LogP contribution < -0.4 is 5.32 Å². The molecule has 0 aliphatic heterocycles. The summed E-state index contributed by atoms with van der Waals surface area (Å²) < 4.78 is 23.4. The predicted octanol–water partition coefficient (Wildman–Crippen LogP) is 3.86. The average molecular weight is 583 g/mol. The fourth-order valence-electron chi connectivity index (χ4n) is 5.97. The van der Waals surface area contributed by atoms with E-state index in [0.29, 0.717) is 0 Å². The molecule has 0 aromatic heterocycles. The number of nitrogens with one attached hydrogen (secondary N) is 1. The summed E-state index contributed by atoms with van der Waals surface area (Å²) in [5.74, 6) is -3.12. The number of carbonyl (C=O) groups excluding carboxylic acids is 3. The smallest absolute Gasteiger partial charge is 0.338 e. The van der Waals surface area contributed by atoms with E-state index in [9.17, 15) is 24.5 Å². The molecule has 226 valence electrons. The molecule has 2 aromatic carbocycles. The van der Waals surface area contributed by atoms with Crippen molar-refractivity contribution >= 4 is 17.9 Å². The second-order valence-electron chi connectivity index (χ2n) is 10.8. The molecule has 4 rings (SSSR count). The Morgan fingerprint density at radius 3 is 2.05 bits per heavy atom. The van der Waals surface area contributed by atoms with Gasteiger partial charge in [0.1, 0.15) is 30.8 Å². The van der Waals surface area contributed by atoms with Gasteiger partial charge in [0, 0.05) is 24.8 Å². The quantitative estimate of drug-likeness (QED) is 0.180. The van der Waals surface area contributed by atoms with Crippen LogP contribution in [0.1, 0.15) is 61.9 Å². The molecule has 0 unspecified atom stereocenters. The molecule has 42 heavy (non-hydrogen) atoms. The highest BCUT2D eigenvalue weighted by Gasteiger charge is 2.60. The van der Waals surface area contributed by atoms with Gasteiger partial charge in [0.25, 0.3) is 0 Å². The van der Waals surface area contributed by atoms with E-state index in [2.05, 4.69) is 5.32 Å². The Morgan fingerprint density at radius 1 is 0.857 bits per heavy atom. The summed E-state index contributed by atoms with van der Waals surface area (Å²) in [6, 6.07) is 15.0. The van der Waals surface area contributed by atoms with Gasteiger partial charge in [-0.25, -0.2) is 4.79 Å². The van der Waals surface area contributed by atoms with Gasteiger partial charge < -0.3 is 24.3 Å². The second-order valence-corrected chi connectivity index (χ2v) is 10.8. The first-order chi connectivity index (χ1) is 20.2. The Morgan fingerprint density at radius 2 is 1.45 bits per heavy atom. The Labute approximate surface area is 245 Å². The summed E-state index contributed by atoms with van der Waals surface area (Å²) in [6.45, 7) is 2.06. The molecular weight excluding hydrogens is 544 g/mol. The molecule has 1 N–H and O–H groups in total. The summed E-state index contributed by atoms with van der Waals surface area (Å²) >= 11 is 0. The highest BCUT2D eigenvalue weighted by molar-refractivity contribution is 5.89. The van der Waals surface area contributed by atoms with E-state index in [4.69, 9.17) is 18.9 Å². The van der Waals surface area contributed by atoms with Gasteiger partial charge >= 0.3 is 17.9 Å². The van der Waals surface area contributed by atoms with E-state index in [0.717, 1.165) is 37.7 Å². The number of nitrogens with zero attached hydrogens (tertiary/aromatic N) is 1. The summed E-state index contributed by atoms with van der Waals surface area (Å²) in [5, 5.41) is 16.2. The van der Waals surface area contributed by atoms with Gasteiger partial charge in [0.2, 0.25) is 6.04 Å². The number of esters is 3. The normalized spacial score (nSPS) is 26.1. The molecule has 0 bridgehead atoms. The van der Waals surface area contributed by atoms with E-state index in [1.807, 2.05) is 30.3 Å². The molecule has 2 aromatic rings. The molecule has 0 amide bonds. The first-order valence-corrected chi connectivity index (χ1v) is 14.4. The van der Waals surface area contributed by atoms with Gasteiger partial charge in [-0.15, -0.1) is 0 Å². The van der Waals surface area contributed by atoms with Crippen LogP contribution in [-0.4, -0.2) is 65.9 Å². The number of carbonyl (C=O) groups is 3. The minimum absolute atomic E-state index is 0.0446. The third-order valence-corrected chi connectivity index (χ3v) is 7.81. The lowest BCUT2D eigenvalue weighted by atomic mass is 9.74. The van der Waals surface area contributed by atoms with Crippen LogP contribution in [0.15, 0.2) is 60.7 Å². The van der Waals surface area contributed by atoms with Crippen LogP contribution in [0, 0.1) is 16.0 Å². The maximum Gasteiger partial charge on any atom is 0.338 e. The van der Waals surface area contributed by atoms with Crippen LogP contribution in [0.5, 0.6) is 0 Å². The van der Waals surface area contributed by atoms with E-state index in [1.54, 1.807) is 30.3 Å². The van der Waals surface area contributed by atoms with Crippen LogP contribution in [0.4, 0.5) is 0 Å². The lowest BCUT2D eigenvalue weighted by molar-refractivity contribution is -0.548. The van der Waals surface area contributed by atoms with Gasteiger partial charge in [-0.1, -0.05) is 67.8 Å². The lowest BCUT2D eigenvalue weighted by Crippen LogP contribution is -2.71. The van der Waals surface area contributed by atoms with E-state index < -0.39 is 65.8 Å². The molecule has 0 saturated heterocycles. The molecular formula is C31H38N2O9. The van der Waals surface area contributed by atoms with Gasteiger partial charge in [0.05, 0.1) is 12.2 Å². The lowest BCUT2D eigenvalue weighted by Gasteiger charge is -2.47. The fraction of sp³-hybridized carbons (Fsp3) is 0.516. The van der Waals surface area contributed by atoms with E-state index in [1.165, 1.54) is 13.8 Å². The van der Waals surface area contributed by atoms with E-state index in [-0.39, 0.29) is 18.2 Å². The first kappa shape index (κ1) is 31.1. The number of rotatable bonds is 11. The zero-order chi connectivity index (χ0) is 30.1. The SMILES string of the molecule is CC(=O)O[C@@H]1[C@H](COC(=O)c2ccccc2)[C@@H]([N+](=O)[O-])[C@H](NC2CCCCC2)[C@H](OC(C)=O)[C@H]1OCc1ccccc1. The first-order valence-electron chi connectivity index (χ1n) is 14.4. The average Bonchev–Trinajstić information content (AvgIpc) is 2.98. The highest BCUT2D eigenvalue weighted by Crippen LogP contribution is 2.36. The molecule has 0 radical (unpaired) electrons. The number of hydrogen-bond donors (Lipinski definition) is 1. The molecule has 6 atom stereocenters. The van der Waals surface area contributed by atoms with Crippen molar-refractivity contribution in [1.82, 2.24) is 5.32 Å². The summed E-state index contributed by atoms with van der Waals surface area (Å²) in [7, 11) is 0. The van der Waals surface area contributed by atoms with Crippen molar-refractivity contribution in [3.8, 4) is 0 Å². The number of nitro groups is 1. The largest absolute Gasteiger partial charge is 0.461 e. The third kappa shape index (κ3) is 8.13. The number of hydrogen-bond acceptors (Lipinski definition) is 10. The maximum atomic E-state index is 12.9. The zero-order valence-corrected chi connectivity index (χ0v) is 23.9. The monoisotopic (exact) mass is 582 g/mol. The topological polar surface area (TPSA) is 143 Å². The molecule has 11 nitrogen and oxygen atoms in total. The Hall–Kier alpha value is -3.83.